The molecule has 2 aromatic carbocycles. The Morgan fingerprint density at radius 1 is 1.04 bits per heavy atom. The van der Waals surface area contributed by atoms with Crippen LogP contribution in [0.5, 0.6) is 0 Å². The standard InChI is InChI=1S/C20H20Cl2N2S/c1-13(2)10-18-19(15-8-9-16(21)17(22)11-15)24-20(25-18)23-12-14-6-4-3-5-7-14/h3-9,11,13H,10,12H2,1-2H3,(H,23,24). The highest BCUT2D eigenvalue weighted by Crippen LogP contribution is 2.35. The first-order chi connectivity index (χ1) is 12.0. The van der Waals surface area contributed by atoms with Crippen molar-refractivity contribution in [2.75, 3.05) is 5.32 Å². The zero-order chi connectivity index (χ0) is 17.8. The fraction of sp³-hybridized carbons (Fsp3) is 0.250. The van der Waals surface area contributed by atoms with Gasteiger partial charge in [0.05, 0.1) is 15.7 Å². The molecular formula is C20H20Cl2N2S. The molecule has 1 N–H and O–H groups in total. The molecule has 3 rings (SSSR count). The van der Waals surface area contributed by atoms with Crippen LogP contribution in [0, 0.1) is 5.92 Å². The molecular weight excluding hydrogens is 371 g/mol. The predicted octanol–water partition coefficient (Wildman–Crippen LogP) is 6.93. The van der Waals surface area contributed by atoms with E-state index < -0.39 is 0 Å². The largest absolute Gasteiger partial charge is 0.357 e. The van der Waals surface area contributed by atoms with Crippen molar-refractivity contribution in [3.05, 3.63) is 69.0 Å². The van der Waals surface area contributed by atoms with Gasteiger partial charge < -0.3 is 5.32 Å². The van der Waals surface area contributed by atoms with Gasteiger partial charge in [0.25, 0.3) is 0 Å². The maximum atomic E-state index is 6.20. The summed E-state index contributed by atoms with van der Waals surface area (Å²) >= 11 is 14.0. The molecule has 25 heavy (non-hydrogen) atoms. The Kier molecular flexibility index (Phi) is 6.00. The summed E-state index contributed by atoms with van der Waals surface area (Å²) in [5.41, 5.74) is 3.24. The molecule has 0 aliphatic heterocycles. The number of hydrogen-bond donors (Lipinski definition) is 1. The van der Waals surface area contributed by atoms with Crippen LogP contribution in [0.1, 0.15) is 24.3 Å². The Hall–Kier alpha value is -1.55. The number of hydrogen-bond acceptors (Lipinski definition) is 3. The summed E-state index contributed by atoms with van der Waals surface area (Å²) in [5.74, 6) is 0.559. The Labute approximate surface area is 162 Å². The predicted molar refractivity (Wildman–Crippen MR) is 110 cm³/mol. The van der Waals surface area contributed by atoms with E-state index in [9.17, 15) is 0 Å². The lowest BCUT2D eigenvalue weighted by Gasteiger charge is -2.06. The van der Waals surface area contributed by atoms with Crippen LogP contribution in [0.25, 0.3) is 11.3 Å². The van der Waals surface area contributed by atoms with Gasteiger partial charge >= 0.3 is 0 Å². The van der Waals surface area contributed by atoms with Crippen molar-refractivity contribution in [3.63, 3.8) is 0 Å². The maximum Gasteiger partial charge on any atom is 0.183 e. The molecule has 5 heteroatoms. The highest BCUT2D eigenvalue weighted by Gasteiger charge is 2.15. The quantitative estimate of drug-likeness (QED) is 0.493. The lowest BCUT2D eigenvalue weighted by atomic mass is 10.0. The second kappa shape index (κ2) is 8.22. The van der Waals surface area contributed by atoms with Gasteiger partial charge in [0.15, 0.2) is 5.13 Å². The minimum absolute atomic E-state index is 0.557. The summed E-state index contributed by atoms with van der Waals surface area (Å²) in [5, 5.41) is 5.49. The topological polar surface area (TPSA) is 24.9 Å². The number of anilines is 1. The smallest absolute Gasteiger partial charge is 0.183 e. The van der Waals surface area contributed by atoms with Crippen LogP contribution >= 0.6 is 34.5 Å². The van der Waals surface area contributed by atoms with Crippen LogP contribution in [0.15, 0.2) is 48.5 Å². The van der Waals surface area contributed by atoms with Gasteiger partial charge in [-0.25, -0.2) is 4.98 Å². The van der Waals surface area contributed by atoms with E-state index in [2.05, 4.69) is 31.3 Å². The van der Waals surface area contributed by atoms with Gasteiger partial charge in [-0.05, 0) is 30.0 Å². The summed E-state index contributed by atoms with van der Waals surface area (Å²) < 4.78 is 0. The van der Waals surface area contributed by atoms with Crippen LogP contribution in [-0.2, 0) is 13.0 Å². The summed E-state index contributed by atoms with van der Waals surface area (Å²) in [6.07, 6.45) is 0.986. The number of nitrogens with one attached hydrogen (secondary N) is 1. The fourth-order valence-corrected chi connectivity index (χ4v) is 4.07. The first-order valence-electron chi connectivity index (χ1n) is 8.26. The van der Waals surface area contributed by atoms with Gasteiger partial charge in [0, 0.05) is 17.0 Å². The van der Waals surface area contributed by atoms with Crippen LogP contribution in [0.4, 0.5) is 5.13 Å². The van der Waals surface area contributed by atoms with Crippen LogP contribution in [-0.4, -0.2) is 4.98 Å². The van der Waals surface area contributed by atoms with Crippen LogP contribution < -0.4 is 5.32 Å². The molecule has 1 aromatic heterocycles. The van der Waals surface area contributed by atoms with E-state index in [-0.39, 0.29) is 0 Å². The molecule has 0 spiro atoms. The number of benzene rings is 2. The van der Waals surface area contributed by atoms with Crippen molar-refractivity contribution in [1.82, 2.24) is 4.98 Å². The molecule has 1 heterocycles. The molecule has 0 saturated carbocycles. The van der Waals surface area contributed by atoms with Crippen molar-refractivity contribution in [2.24, 2.45) is 5.92 Å². The van der Waals surface area contributed by atoms with E-state index in [0.717, 1.165) is 29.4 Å². The van der Waals surface area contributed by atoms with E-state index in [1.54, 1.807) is 11.3 Å². The third kappa shape index (κ3) is 4.75. The summed E-state index contributed by atoms with van der Waals surface area (Å²) in [4.78, 5) is 6.09. The lowest BCUT2D eigenvalue weighted by molar-refractivity contribution is 0.654. The Morgan fingerprint density at radius 3 is 2.48 bits per heavy atom. The molecule has 0 radical (unpaired) electrons. The molecule has 0 bridgehead atoms. The third-order valence-electron chi connectivity index (χ3n) is 3.77. The Balaban J connectivity index is 1.87. The second-order valence-electron chi connectivity index (χ2n) is 6.36. The van der Waals surface area contributed by atoms with Crippen LogP contribution in [0.2, 0.25) is 10.0 Å². The SMILES string of the molecule is CC(C)Cc1sc(NCc2ccccc2)nc1-c1ccc(Cl)c(Cl)c1. The second-order valence-corrected chi connectivity index (χ2v) is 8.25. The zero-order valence-electron chi connectivity index (χ0n) is 14.2. The molecule has 130 valence electrons. The molecule has 0 atom stereocenters. The zero-order valence-corrected chi connectivity index (χ0v) is 16.6. The van der Waals surface area contributed by atoms with Crippen molar-refractivity contribution in [3.8, 4) is 11.3 Å². The van der Waals surface area contributed by atoms with Gasteiger partial charge in [0.2, 0.25) is 0 Å². The Morgan fingerprint density at radius 2 is 1.80 bits per heavy atom. The minimum Gasteiger partial charge on any atom is -0.357 e. The van der Waals surface area contributed by atoms with Crippen LogP contribution in [0.3, 0.4) is 0 Å². The molecule has 0 amide bonds. The molecule has 0 saturated heterocycles. The first kappa shape index (κ1) is 18.2. The van der Waals surface area contributed by atoms with Crippen molar-refractivity contribution in [1.29, 1.82) is 0 Å². The maximum absolute atomic E-state index is 6.20. The normalized spacial score (nSPS) is 11.1. The molecule has 0 fully saturated rings. The van der Waals surface area contributed by atoms with Crippen molar-refractivity contribution >= 4 is 39.7 Å². The molecule has 3 aromatic rings. The molecule has 0 unspecified atom stereocenters. The Bertz CT molecular complexity index is 844. The number of thiazole rings is 1. The molecule has 0 aliphatic rings. The van der Waals surface area contributed by atoms with Gasteiger partial charge in [0.1, 0.15) is 0 Å². The lowest BCUT2D eigenvalue weighted by Crippen LogP contribution is -1.98. The van der Waals surface area contributed by atoms with Gasteiger partial charge in [-0.1, -0.05) is 73.4 Å². The number of halogens is 2. The highest BCUT2D eigenvalue weighted by atomic mass is 35.5. The van der Waals surface area contributed by atoms with Gasteiger partial charge in [-0.3, -0.25) is 0 Å². The summed E-state index contributed by atoms with van der Waals surface area (Å²) in [6.45, 7) is 5.20. The van der Waals surface area contributed by atoms with E-state index in [4.69, 9.17) is 28.2 Å². The van der Waals surface area contributed by atoms with E-state index >= 15 is 0 Å². The number of aromatic nitrogens is 1. The molecule has 2 nitrogen and oxygen atoms in total. The average molecular weight is 391 g/mol. The van der Waals surface area contributed by atoms with Gasteiger partial charge in [-0.2, -0.15) is 0 Å². The van der Waals surface area contributed by atoms with E-state index in [1.165, 1.54) is 10.4 Å². The summed E-state index contributed by atoms with van der Waals surface area (Å²) in [7, 11) is 0. The summed E-state index contributed by atoms with van der Waals surface area (Å²) in [6, 6.07) is 16.0. The molecule has 0 aliphatic carbocycles. The van der Waals surface area contributed by atoms with E-state index in [1.807, 2.05) is 36.4 Å². The van der Waals surface area contributed by atoms with Gasteiger partial charge in [-0.15, -0.1) is 11.3 Å². The van der Waals surface area contributed by atoms with Crippen molar-refractivity contribution < 1.29 is 0 Å². The number of rotatable bonds is 6. The average Bonchev–Trinajstić information content (AvgIpc) is 2.98. The number of nitrogens with zero attached hydrogens (tertiary/aromatic N) is 1. The van der Waals surface area contributed by atoms with E-state index in [0.29, 0.717) is 16.0 Å². The monoisotopic (exact) mass is 390 g/mol. The van der Waals surface area contributed by atoms with Crippen molar-refractivity contribution in [2.45, 2.75) is 26.8 Å². The first-order valence-corrected chi connectivity index (χ1v) is 9.83. The highest BCUT2D eigenvalue weighted by molar-refractivity contribution is 7.16. The fourth-order valence-electron chi connectivity index (χ4n) is 2.58. The third-order valence-corrected chi connectivity index (χ3v) is 5.55. The minimum atomic E-state index is 0.557.